The summed E-state index contributed by atoms with van der Waals surface area (Å²) in [6.45, 7) is 5.18. The summed E-state index contributed by atoms with van der Waals surface area (Å²) in [5.74, 6) is -3.09. The maximum Gasteiger partial charge on any atom is 0.328 e. The fourth-order valence-corrected chi connectivity index (χ4v) is 3.49. The molecule has 6 unspecified atom stereocenters. The number of thioether (sulfide) groups is 1. The molecule has 0 aromatic carbocycles. The zero-order valence-corrected chi connectivity index (χ0v) is 21.6. The molecule has 0 bridgehead atoms. The van der Waals surface area contributed by atoms with Crippen molar-refractivity contribution in [1.29, 1.82) is 0 Å². The Balaban J connectivity index is 5.39. The number of hydrogen-bond acceptors (Lipinski definition) is 8. The van der Waals surface area contributed by atoms with Crippen LogP contribution in [0.3, 0.4) is 0 Å². The summed E-state index contributed by atoms with van der Waals surface area (Å²) in [5.41, 5.74) is 16.5. The van der Waals surface area contributed by atoms with Crippen LogP contribution < -0.4 is 33.2 Å². The van der Waals surface area contributed by atoms with Crippen molar-refractivity contribution >= 4 is 41.4 Å². The van der Waals surface area contributed by atoms with E-state index in [4.69, 9.17) is 17.2 Å². The Morgan fingerprint density at radius 3 is 2.06 bits per heavy atom. The average molecular weight is 520 g/mol. The number of carbonyl (C=O) groups excluding carboxylic acids is 3. The van der Waals surface area contributed by atoms with Crippen molar-refractivity contribution < 1.29 is 29.4 Å². The Labute approximate surface area is 210 Å². The molecule has 202 valence electrons. The minimum atomic E-state index is -1.53. The second kappa shape index (κ2) is 16.9. The van der Waals surface area contributed by atoms with Gasteiger partial charge in [-0.3, -0.25) is 19.4 Å². The molecule has 35 heavy (non-hydrogen) atoms. The minimum absolute atomic E-state index is 0.0558. The lowest BCUT2D eigenvalue weighted by Gasteiger charge is -2.28. The molecule has 0 fully saturated rings. The third kappa shape index (κ3) is 12.6. The third-order valence-corrected chi connectivity index (χ3v) is 6.03. The number of amides is 3. The highest BCUT2D eigenvalue weighted by Crippen LogP contribution is 2.11. The van der Waals surface area contributed by atoms with Gasteiger partial charge >= 0.3 is 5.97 Å². The van der Waals surface area contributed by atoms with Gasteiger partial charge in [-0.05, 0) is 44.1 Å². The highest BCUT2D eigenvalue weighted by Gasteiger charge is 2.33. The lowest BCUT2D eigenvalue weighted by Crippen LogP contribution is -2.59. The number of hydrogen-bond donors (Lipinski definition) is 8. The summed E-state index contributed by atoms with van der Waals surface area (Å²) in [7, 11) is 0. The second-order valence-corrected chi connectivity index (χ2v) is 9.32. The largest absolute Gasteiger partial charge is 0.480 e. The van der Waals surface area contributed by atoms with Gasteiger partial charge in [-0.1, -0.05) is 20.3 Å². The first-order valence-electron chi connectivity index (χ1n) is 11.5. The molecule has 0 spiro atoms. The Morgan fingerprint density at radius 2 is 1.57 bits per heavy atom. The summed E-state index contributed by atoms with van der Waals surface area (Å²) < 4.78 is 0. The predicted octanol–water partition coefficient (Wildman–Crippen LogP) is -1.91. The van der Waals surface area contributed by atoms with Crippen LogP contribution in [0.1, 0.15) is 46.5 Å². The molecule has 3 amide bonds. The fourth-order valence-electron chi connectivity index (χ4n) is 3.02. The molecule has 6 atom stereocenters. The molecule has 0 heterocycles. The van der Waals surface area contributed by atoms with Gasteiger partial charge in [0.05, 0.1) is 12.1 Å². The Morgan fingerprint density at radius 1 is 0.971 bits per heavy atom. The number of aliphatic hydroxyl groups is 1. The lowest BCUT2D eigenvalue weighted by molar-refractivity contribution is -0.145. The molecule has 0 radical (unpaired) electrons. The lowest BCUT2D eigenvalue weighted by atomic mass is 9.97. The number of nitrogens with two attached hydrogens (primary N) is 3. The Hall–Kier alpha value is -2.58. The van der Waals surface area contributed by atoms with Gasteiger partial charge in [-0.25, -0.2) is 4.79 Å². The first-order valence-corrected chi connectivity index (χ1v) is 12.9. The van der Waals surface area contributed by atoms with Gasteiger partial charge in [0, 0.05) is 6.54 Å². The molecule has 11 N–H and O–H groups in total. The van der Waals surface area contributed by atoms with E-state index in [1.165, 1.54) is 18.7 Å². The standard InChI is InChI=1S/C21H41N7O6S/c1-5-11(2)15(27-17(30)13(22)7-6-9-25-21(23)24)19(32)26-14(8-10-35-4)18(31)28-16(12(3)29)20(33)34/h11-16,29H,5-10,22H2,1-4H3,(H,26,32)(H,27,30)(H,28,31)(H,33,34)(H4,23,24,25). The van der Waals surface area contributed by atoms with Crippen LogP contribution in [0, 0.1) is 5.92 Å². The van der Waals surface area contributed by atoms with Crippen LogP contribution in [0.4, 0.5) is 0 Å². The van der Waals surface area contributed by atoms with Crippen LogP contribution in [-0.2, 0) is 19.2 Å². The predicted molar refractivity (Wildman–Crippen MR) is 135 cm³/mol. The molecule has 0 rings (SSSR count). The van der Waals surface area contributed by atoms with Gasteiger partial charge in [0.15, 0.2) is 12.0 Å². The third-order valence-electron chi connectivity index (χ3n) is 5.39. The van der Waals surface area contributed by atoms with Crippen molar-refractivity contribution in [2.45, 2.75) is 76.7 Å². The number of carboxylic acid groups (broad SMARTS) is 1. The molecule has 0 aromatic heterocycles. The van der Waals surface area contributed by atoms with Gasteiger partial charge in [-0.15, -0.1) is 0 Å². The van der Waals surface area contributed by atoms with Gasteiger partial charge in [0.25, 0.3) is 0 Å². The monoisotopic (exact) mass is 519 g/mol. The van der Waals surface area contributed by atoms with Crippen molar-refractivity contribution in [3.05, 3.63) is 0 Å². The maximum atomic E-state index is 13.1. The Bertz CT molecular complexity index is 733. The molecule has 0 saturated carbocycles. The summed E-state index contributed by atoms with van der Waals surface area (Å²) in [5, 5.41) is 26.4. The summed E-state index contributed by atoms with van der Waals surface area (Å²) in [6.07, 6.45) is 2.03. The topological polar surface area (TPSA) is 235 Å². The van der Waals surface area contributed by atoms with Crippen molar-refractivity contribution in [3.63, 3.8) is 0 Å². The highest BCUT2D eigenvalue weighted by molar-refractivity contribution is 7.98. The number of aliphatic hydroxyl groups excluding tert-OH is 1. The van der Waals surface area contributed by atoms with Crippen molar-refractivity contribution in [2.75, 3.05) is 18.6 Å². The number of carboxylic acids is 1. The maximum absolute atomic E-state index is 13.1. The number of guanidine groups is 1. The quantitative estimate of drug-likeness (QED) is 0.0602. The van der Waals surface area contributed by atoms with Gasteiger partial charge < -0.3 is 43.4 Å². The van der Waals surface area contributed by atoms with E-state index in [0.29, 0.717) is 31.6 Å². The van der Waals surface area contributed by atoms with Crippen molar-refractivity contribution in [2.24, 2.45) is 28.1 Å². The molecule has 0 saturated heterocycles. The smallest absolute Gasteiger partial charge is 0.328 e. The first kappa shape index (κ1) is 32.4. The number of rotatable bonds is 17. The van der Waals surface area contributed by atoms with Crippen LogP contribution >= 0.6 is 11.8 Å². The zero-order chi connectivity index (χ0) is 27.1. The minimum Gasteiger partial charge on any atom is -0.480 e. The summed E-state index contributed by atoms with van der Waals surface area (Å²) >= 11 is 1.44. The van der Waals surface area contributed by atoms with E-state index in [1.807, 2.05) is 13.2 Å². The molecular formula is C21H41N7O6S. The fraction of sp³-hybridized carbons (Fsp3) is 0.762. The van der Waals surface area contributed by atoms with Gasteiger partial charge in [0.2, 0.25) is 17.7 Å². The number of nitrogens with one attached hydrogen (secondary N) is 3. The second-order valence-electron chi connectivity index (χ2n) is 8.33. The van der Waals surface area contributed by atoms with E-state index in [2.05, 4.69) is 20.9 Å². The summed E-state index contributed by atoms with van der Waals surface area (Å²) in [6, 6.07) is -4.44. The SMILES string of the molecule is CCC(C)C(NC(=O)C(N)CCCN=C(N)N)C(=O)NC(CCSC)C(=O)NC(C(=O)O)C(C)O. The van der Waals surface area contributed by atoms with E-state index < -0.39 is 54.0 Å². The number of carbonyl (C=O) groups is 4. The molecule has 0 aliphatic carbocycles. The van der Waals surface area contributed by atoms with Crippen molar-refractivity contribution in [3.8, 4) is 0 Å². The van der Waals surface area contributed by atoms with Crippen LogP contribution in [0.5, 0.6) is 0 Å². The number of aliphatic carboxylic acids is 1. The number of aliphatic imine (C=N–C) groups is 1. The zero-order valence-electron chi connectivity index (χ0n) is 20.8. The first-order chi connectivity index (χ1) is 16.3. The molecular weight excluding hydrogens is 478 g/mol. The van der Waals surface area contributed by atoms with Crippen molar-refractivity contribution in [1.82, 2.24) is 16.0 Å². The van der Waals surface area contributed by atoms with Gasteiger partial charge in [0.1, 0.15) is 12.1 Å². The highest BCUT2D eigenvalue weighted by atomic mass is 32.2. The van der Waals surface area contributed by atoms with E-state index in [9.17, 15) is 29.4 Å². The van der Waals surface area contributed by atoms with E-state index in [-0.39, 0.29) is 18.3 Å². The van der Waals surface area contributed by atoms with E-state index >= 15 is 0 Å². The Kier molecular flexibility index (Phi) is 15.7. The van der Waals surface area contributed by atoms with Crippen LogP contribution in [0.15, 0.2) is 4.99 Å². The molecule has 13 nitrogen and oxygen atoms in total. The number of nitrogens with zero attached hydrogens (tertiary/aromatic N) is 1. The van der Waals surface area contributed by atoms with Gasteiger partial charge in [-0.2, -0.15) is 11.8 Å². The molecule has 0 aromatic rings. The van der Waals surface area contributed by atoms with Crippen LogP contribution in [0.25, 0.3) is 0 Å². The molecule has 0 aliphatic heterocycles. The molecule has 0 aliphatic rings. The average Bonchev–Trinajstić information content (AvgIpc) is 2.79. The summed E-state index contributed by atoms with van der Waals surface area (Å²) in [4.78, 5) is 53.6. The normalized spacial score (nSPS) is 16.1. The van der Waals surface area contributed by atoms with Crippen LogP contribution in [0.2, 0.25) is 0 Å². The van der Waals surface area contributed by atoms with E-state index in [0.717, 1.165) is 0 Å². The van der Waals surface area contributed by atoms with Crippen LogP contribution in [-0.4, -0.2) is 88.7 Å². The van der Waals surface area contributed by atoms with E-state index in [1.54, 1.807) is 6.92 Å². The molecule has 14 heteroatoms.